The topological polar surface area (TPSA) is 38.7 Å². The molecule has 1 aromatic carbocycles. The first-order valence-electron chi connectivity index (χ1n) is 7.78. The Morgan fingerprint density at radius 2 is 1.86 bits per heavy atom. The van der Waals surface area contributed by atoms with Crippen molar-refractivity contribution in [3.05, 3.63) is 29.8 Å². The van der Waals surface area contributed by atoms with Gasteiger partial charge in [-0.05, 0) is 48.3 Å². The first-order valence-corrected chi connectivity index (χ1v) is 7.78. The Kier molecular flexibility index (Phi) is 7.76. The lowest BCUT2D eigenvalue weighted by Gasteiger charge is -2.27. The molecule has 0 aliphatic rings. The normalized spacial score (nSPS) is 13.2. The van der Waals surface area contributed by atoms with Crippen LogP contribution in [0.25, 0.3) is 0 Å². The number of benzene rings is 1. The standard InChI is InChI=1S/C18H30O3/c1-15(12-18(2,3)10-5-11-19)13-21-14-16-6-8-17(20-4)9-7-16/h6-9,15,19H,5,10-14H2,1-4H3. The van der Waals surface area contributed by atoms with Crippen LogP contribution in [-0.4, -0.2) is 25.4 Å². The fraction of sp³-hybridized carbons (Fsp3) is 0.667. The lowest BCUT2D eigenvalue weighted by atomic mass is 9.80. The Bertz CT molecular complexity index is 384. The van der Waals surface area contributed by atoms with E-state index in [9.17, 15) is 0 Å². The van der Waals surface area contributed by atoms with Gasteiger partial charge in [0.1, 0.15) is 5.75 Å². The van der Waals surface area contributed by atoms with Gasteiger partial charge in [0.2, 0.25) is 0 Å². The molecule has 0 amide bonds. The van der Waals surface area contributed by atoms with Crippen molar-refractivity contribution in [2.75, 3.05) is 20.3 Å². The predicted octanol–water partition coefficient (Wildman–Crippen LogP) is 4.04. The van der Waals surface area contributed by atoms with E-state index in [1.807, 2.05) is 24.3 Å². The molecule has 0 spiro atoms. The molecular weight excluding hydrogens is 264 g/mol. The van der Waals surface area contributed by atoms with Crippen molar-refractivity contribution in [1.82, 2.24) is 0 Å². The van der Waals surface area contributed by atoms with E-state index in [1.165, 1.54) is 5.56 Å². The predicted molar refractivity (Wildman–Crippen MR) is 86.5 cm³/mol. The van der Waals surface area contributed by atoms with Crippen LogP contribution in [0.15, 0.2) is 24.3 Å². The summed E-state index contributed by atoms with van der Waals surface area (Å²) in [4.78, 5) is 0. The number of rotatable bonds is 10. The molecular formula is C18H30O3. The molecule has 1 N–H and O–H groups in total. The largest absolute Gasteiger partial charge is 0.497 e. The quantitative estimate of drug-likeness (QED) is 0.708. The van der Waals surface area contributed by atoms with Gasteiger partial charge in [0.25, 0.3) is 0 Å². The molecule has 1 atom stereocenters. The highest BCUT2D eigenvalue weighted by Gasteiger charge is 2.20. The molecule has 3 heteroatoms. The molecule has 0 aliphatic heterocycles. The molecule has 0 saturated heterocycles. The zero-order valence-electron chi connectivity index (χ0n) is 13.9. The van der Waals surface area contributed by atoms with Gasteiger partial charge in [-0.1, -0.05) is 32.9 Å². The second-order valence-electron chi connectivity index (χ2n) is 6.66. The van der Waals surface area contributed by atoms with E-state index in [1.54, 1.807) is 7.11 Å². The second-order valence-corrected chi connectivity index (χ2v) is 6.66. The number of hydrogen-bond donors (Lipinski definition) is 1. The molecule has 21 heavy (non-hydrogen) atoms. The first-order chi connectivity index (χ1) is 9.96. The van der Waals surface area contributed by atoms with Crippen molar-refractivity contribution in [2.45, 2.75) is 46.6 Å². The summed E-state index contributed by atoms with van der Waals surface area (Å²) in [5, 5.41) is 8.93. The maximum atomic E-state index is 8.93. The van der Waals surface area contributed by atoms with Crippen LogP contribution in [0.4, 0.5) is 0 Å². The minimum absolute atomic E-state index is 0.269. The molecule has 0 bridgehead atoms. The highest BCUT2D eigenvalue weighted by Crippen LogP contribution is 2.30. The summed E-state index contributed by atoms with van der Waals surface area (Å²) in [6.07, 6.45) is 3.06. The number of aliphatic hydroxyl groups is 1. The lowest BCUT2D eigenvalue weighted by molar-refractivity contribution is 0.0732. The molecule has 0 fully saturated rings. The van der Waals surface area contributed by atoms with Crippen molar-refractivity contribution in [3.8, 4) is 5.75 Å². The summed E-state index contributed by atoms with van der Waals surface area (Å²) in [5.41, 5.74) is 1.44. The SMILES string of the molecule is COc1ccc(COCC(C)CC(C)(C)CCCO)cc1. The monoisotopic (exact) mass is 294 g/mol. The fourth-order valence-electron chi connectivity index (χ4n) is 2.76. The summed E-state index contributed by atoms with van der Waals surface area (Å²) in [6.45, 7) is 8.46. The molecule has 0 aliphatic carbocycles. The smallest absolute Gasteiger partial charge is 0.118 e. The van der Waals surface area contributed by atoms with Crippen molar-refractivity contribution >= 4 is 0 Å². The van der Waals surface area contributed by atoms with Gasteiger partial charge in [0.05, 0.1) is 13.7 Å². The minimum Gasteiger partial charge on any atom is -0.497 e. The Labute approximate surface area is 129 Å². The van der Waals surface area contributed by atoms with E-state index < -0.39 is 0 Å². The maximum Gasteiger partial charge on any atom is 0.118 e. The average molecular weight is 294 g/mol. The Balaban J connectivity index is 2.27. The van der Waals surface area contributed by atoms with E-state index in [-0.39, 0.29) is 12.0 Å². The number of methoxy groups -OCH3 is 1. The third kappa shape index (κ3) is 7.49. The van der Waals surface area contributed by atoms with E-state index in [2.05, 4.69) is 20.8 Å². The van der Waals surface area contributed by atoms with E-state index in [0.29, 0.717) is 12.5 Å². The van der Waals surface area contributed by atoms with Crippen LogP contribution in [-0.2, 0) is 11.3 Å². The van der Waals surface area contributed by atoms with Gasteiger partial charge in [0, 0.05) is 13.2 Å². The van der Waals surface area contributed by atoms with Gasteiger partial charge >= 0.3 is 0 Å². The van der Waals surface area contributed by atoms with Gasteiger partial charge in [-0.25, -0.2) is 0 Å². The van der Waals surface area contributed by atoms with Crippen LogP contribution < -0.4 is 4.74 Å². The van der Waals surface area contributed by atoms with Gasteiger partial charge in [-0.2, -0.15) is 0 Å². The van der Waals surface area contributed by atoms with Crippen LogP contribution in [0.5, 0.6) is 5.75 Å². The number of aliphatic hydroxyl groups excluding tert-OH is 1. The molecule has 1 aromatic rings. The fourth-order valence-corrected chi connectivity index (χ4v) is 2.76. The van der Waals surface area contributed by atoms with Gasteiger partial charge in [-0.15, -0.1) is 0 Å². The number of hydrogen-bond acceptors (Lipinski definition) is 3. The molecule has 0 heterocycles. The highest BCUT2D eigenvalue weighted by molar-refractivity contribution is 5.26. The summed E-state index contributed by atoms with van der Waals surface area (Å²) in [7, 11) is 1.67. The van der Waals surface area contributed by atoms with E-state index in [4.69, 9.17) is 14.6 Å². The zero-order valence-corrected chi connectivity index (χ0v) is 13.9. The Morgan fingerprint density at radius 1 is 1.19 bits per heavy atom. The highest BCUT2D eigenvalue weighted by atomic mass is 16.5. The second kappa shape index (κ2) is 9.06. The van der Waals surface area contributed by atoms with Crippen molar-refractivity contribution < 1.29 is 14.6 Å². The van der Waals surface area contributed by atoms with Gasteiger partial charge in [0.15, 0.2) is 0 Å². The Hall–Kier alpha value is -1.06. The molecule has 0 saturated carbocycles. The summed E-state index contributed by atoms with van der Waals surface area (Å²) in [5.74, 6) is 1.40. The molecule has 1 unspecified atom stereocenters. The summed E-state index contributed by atoms with van der Waals surface area (Å²) >= 11 is 0. The van der Waals surface area contributed by atoms with Crippen LogP contribution in [0.1, 0.15) is 45.6 Å². The van der Waals surface area contributed by atoms with Crippen LogP contribution in [0, 0.1) is 11.3 Å². The van der Waals surface area contributed by atoms with Crippen LogP contribution in [0.2, 0.25) is 0 Å². The van der Waals surface area contributed by atoms with Crippen molar-refractivity contribution in [1.29, 1.82) is 0 Å². The third-order valence-corrected chi connectivity index (χ3v) is 3.74. The van der Waals surface area contributed by atoms with Crippen LogP contribution >= 0.6 is 0 Å². The maximum absolute atomic E-state index is 8.93. The molecule has 1 rings (SSSR count). The molecule has 0 aromatic heterocycles. The summed E-state index contributed by atoms with van der Waals surface area (Å²) < 4.78 is 11.0. The molecule has 0 radical (unpaired) electrons. The van der Waals surface area contributed by atoms with Crippen molar-refractivity contribution in [3.63, 3.8) is 0 Å². The number of ether oxygens (including phenoxy) is 2. The van der Waals surface area contributed by atoms with Crippen molar-refractivity contribution in [2.24, 2.45) is 11.3 Å². The summed E-state index contributed by atoms with van der Waals surface area (Å²) in [6, 6.07) is 7.99. The van der Waals surface area contributed by atoms with Crippen LogP contribution in [0.3, 0.4) is 0 Å². The lowest BCUT2D eigenvalue weighted by Crippen LogP contribution is -2.19. The molecule has 3 nitrogen and oxygen atoms in total. The molecule has 120 valence electrons. The average Bonchev–Trinajstić information content (AvgIpc) is 2.45. The zero-order chi connectivity index (χ0) is 15.7. The van der Waals surface area contributed by atoms with E-state index in [0.717, 1.165) is 31.6 Å². The third-order valence-electron chi connectivity index (χ3n) is 3.74. The van der Waals surface area contributed by atoms with E-state index >= 15 is 0 Å². The van der Waals surface area contributed by atoms with Gasteiger partial charge < -0.3 is 14.6 Å². The van der Waals surface area contributed by atoms with Gasteiger partial charge in [-0.3, -0.25) is 0 Å². The Morgan fingerprint density at radius 3 is 2.43 bits per heavy atom. The minimum atomic E-state index is 0.269. The first kappa shape index (κ1) is 18.0.